The van der Waals surface area contributed by atoms with Crippen LogP contribution in [0.5, 0.6) is 0 Å². The molecular formula is C36H60O10. The lowest BCUT2D eigenvalue weighted by Gasteiger charge is -2.65. The molecule has 2 spiro atoms. The second kappa shape index (κ2) is 10.3. The van der Waals surface area contributed by atoms with Gasteiger partial charge in [-0.1, -0.05) is 27.7 Å². The second-order valence-corrected chi connectivity index (χ2v) is 18.7. The van der Waals surface area contributed by atoms with E-state index < -0.39 is 72.2 Å². The van der Waals surface area contributed by atoms with Crippen LogP contribution >= 0.6 is 0 Å². The summed E-state index contributed by atoms with van der Waals surface area (Å²) in [6, 6.07) is 0. The molecule has 7 fully saturated rings. The van der Waals surface area contributed by atoms with E-state index in [-0.39, 0.29) is 45.5 Å². The summed E-state index contributed by atoms with van der Waals surface area (Å²) >= 11 is 0. The molecule has 7 rings (SSSR count). The molecule has 10 nitrogen and oxygen atoms in total. The van der Waals surface area contributed by atoms with Crippen LogP contribution in [0.25, 0.3) is 0 Å². The van der Waals surface area contributed by atoms with Gasteiger partial charge in [0, 0.05) is 5.92 Å². The molecule has 7 aliphatic rings. The smallest absolute Gasteiger partial charge is 0.186 e. The van der Waals surface area contributed by atoms with Gasteiger partial charge in [-0.05, 0) is 117 Å². The van der Waals surface area contributed by atoms with E-state index in [0.29, 0.717) is 19.3 Å². The normalized spacial score (nSPS) is 59.3. The molecule has 264 valence electrons. The van der Waals surface area contributed by atoms with E-state index in [1.54, 1.807) is 13.8 Å². The number of hydrogen-bond acceptors (Lipinski definition) is 10. The standard InChI is InChI=1S/C36H60O10/c1-30(2)22(39)8-11-36-17-35(36)13-12-32(5)27(34(7)10-9-23(46-34)31(3,4)43)18(38)15-33(32,6)21(35)14-19(28(30)36)44-29-26(42)25(41)24(40)20(16-37)45-29/h18-29,37-43H,8-17H2,1-7H3/t18-,19?,20+,21-,22?,23-,24+,25-,26?,27-,28-,29+,32+,33-,34+,35-,36+/m0/s1. The highest BCUT2D eigenvalue weighted by Gasteiger charge is 2.85. The van der Waals surface area contributed by atoms with E-state index in [4.69, 9.17) is 14.2 Å². The summed E-state index contributed by atoms with van der Waals surface area (Å²) in [7, 11) is 0. The first kappa shape index (κ1) is 34.1. The summed E-state index contributed by atoms with van der Waals surface area (Å²) in [5.74, 6) is 0.0768. The Labute approximate surface area is 273 Å². The molecule has 0 radical (unpaired) electrons. The van der Waals surface area contributed by atoms with Crippen molar-refractivity contribution in [2.24, 2.45) is 44.8 Å². The highest BCUT2D eigenvalue weighted by atomic mass is 16.7. The van der Waals surface area contributed by atoms with Gasteiger partial charge in [-0.15, -0.1) is 0 Å². The van der Waals surface area contributed by atoms with Gasteiger partial charge in [0.05, 0.1) is 42.2 Å². The van der Waals surface area contributed by atoms with Gasteiger partial charge in [0.25, 0.3) is 0 Å². The van der Waals surface area contributed by atoms with Crippen LogP contribution in [-0.2, 0) is 14.2 Å². The summed E-state index contributed by atoms with van der Waals surface area (Å²) < 4.78 is 19.4. The van der Waals surface area contributed by atoms with E-state index in [9.17, 15) is 35.7 Å². The van der Waals surface area contributed by atoms with Crippen molar-refractivity contribution in [3.8, 4) is 0 Å². The molecule has 2 saturated heterocycles. The lowest BCUT2D eigenvalue weighted by molar-refractivity contribution is -0.331. The molecule has 10 heteroatoms. The first-order valence-electron chi connectivity index (χ1n) is 17.9. The Morgan fingerprint density at radius 2 is 1.50 bits per heavy atom. The Morgan fingerprint density at radius 3 is 2.13 bits per heavy atom. The molecule has 0 amide bonds. The van der Waals surface area contributed by atoms with Crippen LogP contribution in [0.15, 0.2) is 0 Å². The number of aliphatic hydroxyl groups is 7. The van der Waals surface area contributed by atoms with Crippen LogP contribution in [0, 0.1) is 44.8 Å². The maximum atomic E-state index is 12.0. The van der Waals surface area contributed by atoms with E-state index in [1.165, 1.54) is 0 Å². The van der Waals surface area contributed by atoms with Gasteiger partial charge in [0.15, 0.2) is 6.29 Å². The maximum absolute atomic E-state index is 12.0. The molecule has 46 heavy (non-hydrogen) atoms. The highest BCUT2D eigenvalue weighted by Crippen LogP contribution is 2.89. The molecule has 2 heterocycles. The number of rotatable bonds is 5. The molecule has 17 atom stereocenters. The van der Waals surface area contributed by atoms with Crippen molar-refractivity contribution >= 4 is 0 Å². The number of ether oxygens (including phenoxy) is 3. The van der Waals surface area contributed by atoms with Crippen molar-refractivity contribution in [1.82, 2.24) is 0 Å². The summed E-state index contributed by atoms with van der Waals surface area (Å²) in [6.45, 7) is 14.2. The summed E-state index contributed by atoms with van der Waals surface area (Å²) in [4.78, 5) is 0. The zero-order chi connectivity index (χ0) is 33.6. The van der Waals surface area contributed by atoms with Crippen molar-refractivity contribution in [3.63, 3.8) is 0 Å². The quantitative estimate of drug-likeness (QED) is 0.219. The zero-order valence-corrected chi connectivity index (χ0v) is 28.9. The van der Waals surface area contributed by atoms with Crippen molar-refractivity contribution in [2.75, 3.05) is 6.61 Å². The third kappa shape index (κ3) is 4.24. The maximum Gasteiger partial charge on any atom is 0.186 e. The largest absolute Gasteiger partial charge is 0.394 e. The van der Waals surface area contributed by atoms with E-state index >= 15 is 0 Å². The topological polar surface area (TPSA) is 169 Å². The van der Waals surface area contributed by atoms with Gasteiger partial charge >= 0.3 is 0 Å². The summed E-state index contributed by atoms with van der Waals surface area (Å²) in [5.41, 5.74) is -2.50. The van der Waals surface area contributed by atoms with Crippen molar-refractivity contribution in [1.29, 1.82) is 0 Å². The average molecular weight is 653 g/mol. The van der Waals surface area contributed by atoms with Gasteiger partial charge in [0.2, 0.25) is 0 Å². The average Bonchev–Trinajstić information content (AvgIpc) is 3.33. The number of aliphatic hydroxyl groups excluding tert-OH is 6. The molecule has 3 unspecified atom stereocenters. The SMILES string of the molecule is CC(C)(O)[C@@H]1CC[C@](C)([C@H]2[C@@H](O)C[C@@]3(C)[C@@H]4CC(O[C@@H]5O[C@H](CO)[C@@H](O)[C@H](O)C5O)[C@H]5C(C)(C)C(O)CC[C@@]56C[C@@]46CC[C@]23C)O1. The Bertz CT molecular complexity index is 1200. The molecule has 2 aliphatic heterocycles. The molecule has 5 saturated carbocycles. The Kier molecular flexibility index (Phi) is 7.65. The number of hydrogen-bond donors (Lipinski definition) is 7. The van der Waals surface area contributed by atoms with E-state index in [0.717, 1.165) is 38.5 Å². The van der Waals surface area contributed by atoms with Gasteiger partial charge in [-0.2, -0.15) is 0 Å². The molecule has 7 N–H and O–H groups in total. The third-order valence-electron chi connectivity index (χ3n) is 15.9. The van der Waals surface area contributed by atoms with Crippen molar-refractivity contribution in [3.05, 3.63) is 0 Å². The summed E-state index contributed by atoms with van der Waals surface area (Å²) in [6.07, 6.45) is -1.07. The fourth-order valence-electron chi connectivity index (χ4n) is 13.6. The van der Waals surface area contributed by atoms with Crippen LogP contribution in [-0.4, -0.2) is 109 Å². The molecular weight excluding hydrogens is 592 g/mol. The number of fused-ring (bicyclic) bond motifs is 2. The Balaban J connectivity index is 1.26. The minimum atomic E-state index is -1.53. The molecule has 0 bridgehead atoms. The predicted molar refractivity (Wildman–Crippen MR) is 167 cm³/mol. The second-order valence-electron chi connectivity index (χ2n) is 18.7. The zero-order valence-electron chi connectivity index (χ0n) is 28.9. The van der Waals surface area contributed by atoms with E-state index in [2.05, 4.69) is 34.6 Å². The van der Waals surface area contributed by atoms with Crippen LogP contribution in [0.3, 0.4) is 0 Å². The van der Waals surface area contributed by atoms with Gasteiger partial charge in [-0.25, -0.2) is 0 Å². The van der Waals surface area contributed by atoms with Gasteiger partial charge < -0.3 is 50.0 Å². The molecule has 0 aromatic carbocycles. The minimum Gasteiger partial charge on any atom is -0.394 e. The lowest BCUT2D eigenvalue weighted by Crippen LogP contribution is -2.64. The van der Waals surface area contributed by atoms with Crippen LogP contribution in [0.4, 0.5) is 0 Å². The monoisotopic (exact) mass is 652 g/mol. The first-order valence-corrected chi connectivity index (χ1v) is 17.9. The molecule has 0 aromatic rings. The van der Waals surface area contributed by atoms with Crippen LogP contribution in [0.1, 0.15) is 106 Å². The summed E-state index contributed by atoms with van der Waals surface area (Å²) in [5, 5.41) is 76.2. The Morgan fingerprint density at radius 1 is 0.804 bits per heavy atom. The van der Waals surface area contributed by atoms with Crippen LogP contribution in [0.2, 0.25) is 0 Å². The molecule has 0 aromatic heterocycles. The lowest BCUT2D eigenvalue weighted by atomic mass is 9.41. The third-order valence-corrected chi connectivity index (χ3v) is 15.9. The predicted octanol–water partition coefficient (Wildman–Crippen LogP) is 2.26. The van der Waals surface area contributed by atoms with Crippen LogP contribution < -0.4 is 0 Å². The fraction of sp³-hybridized carbons (Fsp3) is 1.00. The van der Waals surface area contributed by atoms with Gasteiger partial charge in [0.1, 0.15) is 24.4 Å². The Hall–Kier alpha value is -0.400. The molecule has 5 aliphatic carbocycles. The van der Waals surface area contributed by atoms with Crippen molar-refractivity contribution in [2.45, 2.75) is 173 Å². The van der Waals surface area contributed by atoms with Gasteiger partial charge in [-0.3, -0.25) is 0 Å². The first-order chi connectivity index (χ1) is 21.2. The van der Waals surface area contributed by atoms with Crippen molar-refractivity contribution < 1.29 is 50.0 Å². The fourth-order valence-corrected chi connectivity index (χ4v) is 13.6. The van der Waals surface area contributed by atoms with E-state index in [1.807, 2.05) is 0 Å². The minimum absolute atomic E-state index is 0.0225. The highest BCUT2D eigenvalue weighted by molar-refractivity contribution is 5.33.